The van der Waals surface area contributed by atoms with Crippen LogP contribution in [0, 0.1) is 11.8 Å². The minimum absolute atomic E-state index is 0.139. The maximum atomic E-state index is 12.0. The molecule has 3 unspecified atom stereocenters. The SMILES string of the molecule is CC1CCCC(NS(=O)(=O)CCNC2CC2)C1C. The molecule has 2 aliphatic carbocycles. The summed E-state index contributed by atoms with van der Waals surface area (Å²) in [6.45, 7) is 4.97. The zero-order valence-corrected chi connectivity index (χ0v) is 12.3. The van der Waals surface area contributed by atoms with Crippen molar-refractivity contribution in [1.82, 2.24) is 10.0 Å². The average molecular weight is 274 g/mol. The van der Waals surface area contributed by atoms with Crippen LogP contribution in [0.25, 0.3) is 0 Å². The number of rotatable bonds is 6. The van der Waals surface area contributed by atoms with Crippen molar-refractivity contribution in [1.29, 1.82) is 0 Å². The van der Waals surface area contributed by atoms with Gasteiger partial charge in [0.2, 0.25) is 10.0 Å². The summed E-state index contributed by atoms with van der Waals surface area (Å²) >= 11 is 0. The van der Waals surface area contributed by atoms with Crippen molar-refractivity contribution >= 4 is 10.0 Å². The van der Waals surface area contributed by atoms with Crippen molar-refractivity contribution < 1.29 is 8.42 Å². The van der Waals surface area contributed by atoms with E-state index >= 15 is 0 Å². The van der Waals surface area contributed by atoms with Gasteiger partial charge in [0.25, 0.3) is 0 Å². The Bertz CT molecular complexity index is 365. The van der Waals surface area contributed by atoms with E-state index < -0.39 is 10.0 Å². The van der Waals surface area contributed by atoms with Crippen molar-refractivity contribution in [2.45, 2.75) is 58.0 Å². The lowest BCUT2D eigenvalue weighted by molar-refractivity contribution is 0.227. The van der Waals surface area contributed by atoms with Gasteiger partial charge in [-0.05, 0) is 31.1 Å². The molecule has 0 radical (unpaired) electrons. The highest BCUT2D eigenvalue weighted by Gasteiger charge is 2.30. The van der Waals surface area contributed by atoms with Gasteiger partial charge in [-0.1, -0.05) is 26.7 Å². The molecule has 0 aromatic rings. The van der Waals surface area contributed by atoms with Gasteiger partial charge < -0.3 is 5.32 Å². The van der Waals surface area contributed by atoms with E-state index in [0.29, 0.717) is 24.4 Å². The Balaban J connectivity index is 1.78. The molecule has 106 valence electrons. The zero-order valence-electron chi connectivity index (χ0n) is 11.5. The Hall–Kier alpha value is -0.130. The van der Waals surface area contributed by atoms with Crippen LogP contribution < -0.4 is 10.0 Å². The average Bonchev–Trinajstić information content (AvgIpc) is 3.08. The van der Waals surface area contributed by atoms with Crippen LogP contribution in [0.3, 0.4) is 0 Å². The number of nitrogens with one attached hydrogen (secondary N) is 2. The van der Waals surface area contributed by atoms with Crippen LogP contribution in [0.4, 0.5) is 0 Å². The van der Waals surface area contributed by atoms with Gasteiger partial charge in [0, 0.05) is 18.6 Å². The summed E-state index contributed by atoms with van der Waals surface area (Å²) in [5, 5.41) is 3.25. The van der Waals surface area contributed by atoms with Crippen molar-refractivity contribution in [3.05, 3.63) is 0 Å². The van der Waals surface area contributed by atoms with E-state index in [9.17, 15) is 8.42 Å². The Morgan fingerprint density at radius 2 is 1.83 bits per heavy atom. The Kier molecular flexibility index (Phi) is 4.67. The van der Waals surface area contributed by atoms with E-state index in [0.717, 1.165) is 12.8 Å². The summed E-state index contributed by atoms with van der Waals surface area (Å²) in [5.41, 5.74) is 0. The monoisotopic (exact) mass is 274 g/mol. The molecule has 2 fully saturated rings. The summed E-state index contributed by atoms with van der Waals surface area (Å²) in [7, 11) is -3.12. The van der Waals surface area contributed by atoms with E-state index in [1.807, 2.05) is 0 Å². The fourth-order valence-corrected chi connectivity index (χ4v) is 4.02. The van der Waals surface area contributed by atoms with Crippen LogP contribution in [0.5, 0.6) is 0 Å². The predicted molar refractivity (Wildman–Crippen MR) is 73.9 cm³/mol. The molecule has 2 rings (SSSR count). The highest BCUT2D eigenvalue weighted by molar-refractivity contribution is 7.89. The standard InChI is InChI=1S/C13H26N2O2S/c1-10-4-3-5-13(11(10)2)15-18(16,17)9-8-14-12-6-7-12/h10-15H,3-9H2,1-2H3. The van der Waals surface area contributed by atoms with E-state index in [2.05, 4.69) is 23.9 Å². The molecule has 0 amide bonds. The molecule has 0 saturated heterocycles. The van der Waals surface area contributed by atoms with Crippen molar-refractivity contribution in [3.8, 4) is 0 Å². The first-order valence-corrected chi connectivity index (χ1v) is 8.86. The lowest BCUT2D eigenvalue weighted by Crippen LogP contribution is -2.45. The Morgan fingerprint density at radius 1 is 1.11 bits per heavy atom. The molecular weight excluding hydrogens is 248 g/mol. The molecule has 3 atom stereocenters. The van der Waals surface area contributed by atoms with Crippen LogP contribution in [0.2, 0.25) is 0 Å². The summed E-state index contributed by atoms with van der Waals surface area (Å²) in [6, 6.07) is 0.716. The molecule has 0 bridgehead atoms. The van der Waals surface area contributed by atoms with E-state index in [-0.39, 0.29) is 11.8 Å². The third-order valence-corrected chi connectivity index (χ3v) is 5.82. The third kappa shape index (κ3) is 4.21. The first-order valence-electron chi connectivity index (χ1n) is 7.21. The number of hydrogen-bond acceptors (Lipinski definition) is 3. The van der Waals surface area contributed by atoms with Crippen LogP contribution >= 0.6 is 0 Å². The first-order chi connectivity index (χ1) is 8.48. The van der Waals surface area contributed by atoms with Gasteiger partial charge in [-0.25, -0.2) is 13.1 Å². The van der Waals surface area contributed by atoms with Gasteiger partial charge in [-0.15, -0.1) is 0 Å². The largest absolute Gasteiger partial charge is 0.313 e. The second-order valence-electron chi connectivity index (χ2n) is 6.04. The van der Waals surface area contributed by atoms with Gasteiger partial charge in [0.15, 0.2) is 0 Å². The highest BCUT2D eigenvalue weighted by Crippen LogP contribution is 2.29. The quantitative estimate of drug-likeness (QED) is 0.771. The maximum Gasteiger partial charge on any atom is 0.213 e. The lowest BCUT2D eigenvalue weighted by Gasteiger charge is -2.34. The highest BCUT2D eigenvalue weighted by atomic mass is 32.2. The number of sulfonamides is 1. The van der Waals surface area contributed by atoms with Crippen molar-refractivity contribution in [2.24, 2.45) is 11.8 Å². The summed E-state index contributed by atoms with van der Waals surface area (Å²) in [6.07, 6.45) is 5.75. The van der Waals surface area contributed by atoms with Gasteiger partial charge >= 0.3 is 0 Å². The molecule has 4 nitrogen and oxygen atoms in total. The van der Waals surface area contributed by atoms with Crippen molar-refractivity contribution in [3.63, 3.8) is 0 Å². The van der Waals surface area contributed by atoms with E-state index in [1.54, 1.807) is 0 Å². The molecule has 0 aromatic heterocycles. The van der Waals surface area contributed by atoms with Gasteiger partial charge in [0.1, 0.15) is 0 Å². The molecular formula is C13H26N2O2S. The zero-order chi connectivity index (χ0) is 13.2. The van der Waals surface area contributed by atoms with Gasteiger partial charge in [-0.3, -0.25) is 0 Å². The topological polar surface area (TPSA) is 58.2 Å². The molecule has 0 aromatic carbocycles. The van der Waals surface area contributed by atoms with Gasteiger partial charge in [-0.2, -0.15) is 0 Å². The molecule has 0 heterocycles. The molecule has 0 aliphatic heterocycles. The molecule has 5 heteroatoms. The number of hydrogen-bond donors (Lipinski definition) is 2. The van der Waals surface area contributed by atoms with Crippen LogP contribution in [0.1, 0.15) is 46.0 Å². The summed E-state index contributed by atoms with van der Waals surface area (Å²) in [4.78, 5) is 0. The van der Waals surface area contributed by atoms with Crippen LogP contribution in [-0.4, -0.2) is 32.8 Å². The summed E-state index contributed by atoms with van der Waals surface area (Å²) < 4.78 is 26.9. The normalized spacial score (nSPS) is 33.6. The lowest BCUT2D eigenvalue weighted by atomic mass is 9.78. The molecule has 18 heavy (non-hydrogen) atoms. The summed E-state index contributed by atoms with van der Waals surface area (Å²) in [5.74, 6) is 1.28. The predicted octanol–water partition coefficient (Wildman–Crippen LogP) is 1.48. The van der Waals surface area contributed by atoms with E-state index in [1.165, 1.54) is 19.3 Å². The fraction of sp³-hybridized carbons (Fsp3) is 1.00. The second kappa shape index (κ2) is 5.88. The van der Waals surface area contributed by atoms with E-state index in [4.69, 9.17) is 0 Å². The van der Waals surface area contributed by atoms with Crippen LogP contribution in [-0.2, 0) is 10.0 Å². The second-order valence-corrected chi connectivity index (χ2v) is 7.91. The Labute approximate surface area is 111 Å². The third-order valence-electron chi connectivity index (χ3n) is 4.42. The minimum Gasteiger partial charge on any atom is -0.313 e. The molecule has 0 spiro atoms. The Morgan fingerprint density at radius 3 is 2.50 bits per heavy atom. The smallest absolute Gasteiger partial charge is 0.213 e. The molecule has 2 N–H and O–H groups in total. The van der Waals surface area contributed by atoms with Gasteiger partial charge in [0.05, 0.1) is 5.75 Å². The fourth-order valence-electron chi connectivity index (χ4n) is 2.72. The molecule has 2 aliphatic rings. The molecule has 2 saturated carbocycles. The maximum absolute atomic E-state index is 12.0. The first kappa shape index (κ1) is 14.3. The minimum atomic E-state index is -3.12. The van der Waals surface area contributed by atoms with Crippen molar-refractivity contribution in [2.75, 3.05) is 12.3 Å². The van der Waals surface area contributed by atoms with Crippen LogP contribution in [0.15, 0.2) is 0 Å².